The molecule has 108 valence electrons. The second kappa shape index (κ2) is 5.48. The van der Waals surface area contributed by atoms with Crippen molar-refractivity contribution in [2.45, 2.75) is 38.1 Å². The number of aliphatic carboxylic acids is 1. The summed E-state index contributed by atoms with van der Waals surface area (Å²) in [6.07, 6.45) is 4.22. The Kier molecular flexibility index (Phi) is 3.92. The molecule has 1 unspecified atom stereocenters. The lowest BCUT2D eigenvalue weighted by Gasteiger charge is -2.35. The molecule has 6 nitrogen and oxygen atoms in total. The van der Waals surface area contributed by atoms with Crippen molar-refractivity contribution in [2.24, 2.45) is 5.73 Å². The standard InChI is InChI=1S/C14H19N3O3/c1-2-6-14(13(19)20)7-3-8-17(14)11-5-4-10(9-16-11)12(15)18/h4-5,9H,2-3,6-8H2,1H3,(H2,15,18)(H,19,20). The highest BCUT2D eigenvalue weighted by molar-refractivity contribution is 5.92. The molecule has 0 aromatic carbocycles. The first-order valence-corrected chi connectivity index (χ1v) is 6.78. The average Bonchev–Trinajstić information content (AvgIpc) is 2.84. The molecule has 0 aliphatic carbocycles. The number of rotatable bonds is 5. The maximum Gasteiger partial charge on any atom is 0.329 e. The van der Waals surface area contributed by atoms with E-state index in [1.807, 2.05) is 11.8 Å². The molecule has 2 rings (SSSR count). The molecule has 1 aliphatic heterocycles. The minimum absolute atomic E-state index is 0.323. The molecule has 6 heteroatoms. The van der Waals surface area contributed by atoms with E-state index in [0.29, 0.717) is 30.8 Å². The zero-order chi connectivity index (χ0) is 14.8. The van der Waals surface area contributed by atoms with Gasteiger partial charge in [-0.05, 0) is 31.4 Å². The topological polar surface area (TPSA) is 96.5 Å². The third-order valence-corrected chi connectivity index (χ3v) is 3.86. The van der Waals surface area contributed by atoms with Crippen LogP contribution in [0.3, 0.4) is 0 Å². The number of nitrogens with zero attached hydrogens (tertiary/aromatic N) is 2. The van der Waals surface area contributed by atoms with E-state index in [9.17, 15) is 14.7 Å². The van der Waals surface area contributed by atoms with Crippen LogP contribution in [0.4, 0.5) is 5.82 Å². The predicted molar refractivity (Wildman–Crippen MR) is 74.6 cm³/mol. The Balaban J connectivity index is 2.34. The van der Waals surface area contributed by atoms with E-state index in [4.69, 9.17) is 5.73 Å². The van der Waals surface area contributed by atoms with Crippen LogP contribution in [0.1, 0.15) is 43.0 Å². The Hall–Kier alpha value is -2.11. The number of carboxylic acid groups (broad SMARTS) is 1. The molecule has 1 atom stereocenters. The molecule has 0 radical (unpaired) electrons. The van der Waals surface area contributed by atoms with Gasteiger partial charge >= 0.3 is 5.97 Å². The van der Waals surface area contributed by atoms with Crippen molar-refractivity contribution in [3.05, 3.63) is 23.9 Å². The van der Waals surface area contributed by atoms with Crippen LogP contribution in [0.5, 0.6) is 0 Å². The van der Waals surface area contributed by atoms with Crippen LogP contribution in [0.2, 0.25) is 0 Å². The highest BCUT2D eigenvalue weighted by Crippen LogP contribution is 2.37. The number of carbonyl (C=O) groups excluding carboxylic acids is 1. The Labute approximate surface area is 117 Å². The second-order valence-electron chi connectivity index (χ2n) is 5.11. The van der Waals surface area contributed by atoms with E-state index in [1.54, 1.807) is 12.1 Å². The van der Waals surface area contributed by atoms with E-state index in [0.717, 1.165) is 12.8 Å². The molecule has 1 saturated heterocycles. The van der Waals surface area contributed by atoms with Gasteiger partial charge in [0.05, 0.1) is 5.56 Å². The lowest BCUT2D eigenvalue weighted by molar-refractivity contribution is -0.143. The first-order valence-electron chi connectivity index (χ1n) is 6.78. The molecule has 20 heavy (non-hydrogen) atoms. The molecule has 1 aromatic heterocycles. The SMILES string of the molecule is CCCC1(C(=O)O)CCCN1c1ccc(C(N)=O)cn1. The summed E-state index contributed by atoms with van der Waals surface area (Å²) in [5.41, 5.74) is 4.62. The third-order valence-electron chi connectivity index (χ3n) is 3.86. The molecule has 1 aromatic rings. The molecule has 0 bridgehead atoms. The van der Waals surface area contributed by atoms with Crippen molar-refractivity contribution >= 4 is 17.7 Å². The van der Waals surface area contributed by atoms with Crippen molar-refractivity contribution < 1.29 is 14.7 Å². The number of hydrogen-bond acceptors (Lipinski definition) is 4. The first kappa shape index (κ1) is 14.3. The lowest BCUT2D eigenvalue weighted by Crippen LogP contribution is -2.51. The van der Waals surface area contributed by atoms with Gasteiger partial charge in [-0.2, -0.15) is 0 Å². The predicted octanol–water partition coefficient (Wildman–Crippen LogP) is 1.40. The van der Waals surface area contributed by atoms with Crippen LogP contribution in [0.25, 0.3) is 0 Å². The van der Waals surface area contributed by atoms with Crippen LogP contribution in [-0.2, 0) is 4.79 Å². The van der Waals surface area contributed by atoms with E-state index in [2.05, 4.69) is 4.98 Å². The summed E-state index contributed by atoms with van der Waals surface area (Å²) in [5, 5.41) is 9.63. The quantitative estimate of drug-likeness (QED) is 0.848. The molecule has 3 N–H and O–H groups in total. The zero-order valence-corrected chi connectivity index (χ0v) is 11.5. The first-order chi connectivity index (χ1) is 9.51. The van der Waals surface area contributed by atoms with E-state index in [1.165, 1.54) is 6.20 Å². The summed E-state index contributed by atoms with van der Waals surface area (Å²) in [6.45, 7) is 2.64. The molecule has 1 aliphatic rings. The van der Waals surface area contributed by atoms with Gasteiger partial charge in [0.25, 0.3) is 0 Å². The number of hydrogen-bond donors (Lipinski definition) is 2. The van der Waals surface area contributed by atoms with Crippen molar-refractivity contribution in [1.29, 1.82) is 0 Å². The summed E-state index contributed by atoms with van der Waals surface area (Å²) in [7, 11) is 0. The summed E-state index contributed by atoms with van der Waals surface area (Å²) >= 11 is 0. The summed E-state index contributed by atoms with van der Waals surface area (Å²) in [6, 6.07) is 3.25. The Morgan fingerprint density at radius 1 is 1.50 bits per heavy atom. The van der Waals surface area contributed by atoms with Gasteiger partial charge in [0.2, 0.25) is 5.91 Å². The largest absolute Gasteiger partial charge is 0.479 e. The van der Waals surface area contributed by atoms with Gasteiger partial charge in [-0.15, -0.1) is 0 Å². The van der Waals surface area contributed by atoms with Crippen LogP contribution in [-0.4, -0.2) is 34.1 Å². The number of anilines is 1. The highest BCUT2D eigenvalue weighted by atomic mass is 16.4. The van der Waals surface area contributed by atoms with Gasteiger partial charge in [0.15, 0.2) is 0 Å². The maximum absolute atomic E-state index is 11.7. The van der Waals surface area contributed by atoms with Crippen molar-refractivity contribution in [2.75, 3.05) is 11.4 Å². The van der Waals surface area contributed by atoms with E-state index in [-0.39, 0.29) is 0 Å². The van der Waals surface area contributed by atoms with Gasteiger partial charge < -0.3 is 15.7 Å². The normalized spacial score (nSPS) is 21.9. The van der Waals surface area contributed by atoms with Gasteiger partial charge in [-0.3, -0.25) is 4.79 Å². The zero-order valence-electron chi connectivity index (χ0n) is 11.5. The summed E-state index contributed by atoms with van der Waals surface area (Å²) in [4.78, 5) is 28.8. The third kappa shape index (κ3) is 2.33. The number of primary amides is 1. The van der Waals surface area contributed by atoms with Crippen LogP contribution < -0.4 is 10.6 Å². The number of carboxylic acids is 1. The molecule has 0 spiro atoms. The highest BCUT2D eigenvalue weighted by Gasteiger charge is 2.47. The summed E-state index contributed by atoms with van der Waals surface area (Å²) in [5.74, 6) is -0.760. The Morgan fingerprint density at radius 2 is 2.25 bits per heavy atom. The van der Waals surface area contributed by atoms with E-state index < -0.39 is 17.4 Å². The van der Waals surface area contributed by atoms with Crippen LogP contribution >= 0.6 is 0 Å². The van der Waals surface area contributed by atoms with Crippen LogP contribution in [0, 0.1) is 0 Å². The minimum Gasteiger partial charge on any atom is -0.479 e. The van der Waals surface area contributed by atoms with Gasteiger partial charge in [0.1, 0.15) is 11.4 Å². The number of amides is 1. The second-order valence-corrected chi connectivity index (χ2v) is 5.11. The van der Waals surface area contributed by atoms with Crippen molar-refractivity contribution in [1.82, 2.24) is 4.98 Å². The molecule has 0 saturated carbocycles. The van der Waals surface area contributed by atoms with Gasteiger partial charge in [-0.25, -0.2) is 9.78 Å². The smallest absolute Gasteiger partial charge is 0.329 e. The number of aromatic nitrogens is 1. The van der Waals surface area contributed by atoms with Crippen molar-refractivity contribution in [3.8, 4) is 0 Å². The molecular formula is C14H19N3O3. The van der Waals surface area contributed by atoms with Gasteiger partial charge in [0, 0.05) is 12.7 Å². The van der Waals surface area contributed by atoms with Crippen molar-refractivity contribution in [3.63, 3.8) is 0 Å². The summed E-state index contributed by atoms with van der Waals surface area (Å²) < 4.78 is 0. The van der Waals surface area contributed by atoms with Crippen LogP contribution in [0.15, 0.2) is 18.3 Å². The molecular weight excluding hydrogens is 258 g/mol. The molecule has 1 amide bonds. The molecule has 2 heterocycles. The van der Waals surface area contributed by atoms with Gasteiger partial charge in [-0.1, -0.05) is 13.3 Å². The average molecular weight is 277 g/mol. The monoisotopic (exact) mass is 277 g/mol. The fourth-order valence-corrected chi connectivity index (χ4v) is 2.91. The number of nitrogens with two attached hydrogens (primary N) is 1. The Bertz CT molecular complexity index is 515. The maximum atomic E-state index is 11.7. The fourth-order valence-electron chi connectivity index (χ4n) is 2.91. The number of pyridine rings is 1. The molecule has 1 fully saturated rings. The Morgan fingerprint density at radius 3 is 2.75 bits per heavy atom. The number of carbonyl (C=O) groups is 2. The van der Waals surface area contributed by atoms with E-state index >= 15 is 0 Å². The fraction of sp³-hybridized carbons (Fsp3) is 0.500. The minimum atomic E-state index is -0.879. The lowest BCUT2D eigenvalue weighted by atomic mass is 9.90.